The van der Waals surface area contributed by atoms with Gasteiger partial charge in [-0.3, -0.25) is 9.69 Å². The highest BCUT2D eigenvalue weighted by molar-refractivity contribution is 6.31. The second-order valence-electron chi connectivity index (χ2n) is 4.13. The van der Waals surface area contributed by atoms with Gasteiger partial charge < -0.3 is 11.5 Å². The minimum Gasteiger partial charge on any atom is -0.384 e. The Labute approximate surface area is 106 Å². The standard InChI is InChI=1S/C11H17ClN4O/c1-7(2)16(6-11(14)17)5-9-8(12)3-4-10(13)15-9/h3-4,7H,5-6H2,1-2H3,(H2,13,15)(H2,14,17). The predicted molar refractivity (Wildman–Crippen MR) is 68.4 cm³/mol. The molecule has 0 saturated carbocycles. The summed E-state index contributed by atoms with van der Waals surface area (Å²) in [4.78, 5) is 17.0. The molecular formula is C11H17ClN4O. The summed E-state index contributed by atoms with van der Waals surface area (Å²) in [7, 11) is 0. The number of rotatable bonds is 5. The van der Waals surface area contributed by atoms with Crippen LogP contribution in [0.2, 0.25) is 5.02 Å². The van der Waals surface area contributed by atoms with Gasteiger partial charge in [0.25, 0.3) is 0 Å². The quantitative estimate of drug-likeness (QED) is 0.824. The van der Waals surface area contributed by atoms with Crippen LogP contribution >= 0.6 is 11.6 Å². The van der Waals surface area contributed by atoms with Crippen LogP contribution < -0.4 is 11.5 Å². The van der Waals surface area contributed by atoms with Crippen molar-refractivity contribution in [1.29, 1.82) is 0 Å². The summed E-state index contributed by atoms with van der Waals surface area (Å²) in [5.41, 5.74) is 11.4. The molecule has 0 atom stereocenters. The number of hydrogen-bond donors (Lipinski definition) is 2. The Morgan fingerprint density at radius 2 is 2.18 bits per heavy atom. The lowest BCUT2D eigenvalue weighted by Crippen LogP contribution is -2.38. The van der Waals surface area contributed by atoms with Crippen molar-refractivity contribution in [3.8, 4) is 0 Å². The number of nitrogen functional groups attached to an aromatic ring is 1. The summed E-state index contributed by atoms with van der Waals surface area (Å²) in [6, 6.07) is 3.50. The molecule has 0 bridgehead atoms. The third kappa shape index (κ3) is 4.20. The van der Waals surface area contributed by atoms with Crippen LogP contribution in [-0.4, -0.2) is 28.4 Å². The molecule has 1 amide bonds. The van der Waals surface area contributed by atoms with Gasteiger partial charge >= 0.3 is 0 Å². The Hall–Kier alpha value is -1.33. The maximum Gasteiger partial charge on any atom is 0.231 e. The number of pyridine rings is 1. The van der Waals surface area contributed by atoms with Crippen molar-refractivity contribution in [1.82, 2.24) is 9.88 Å². The lowest BCUT2D eigenvalue weighted by Gasteiger charge is -2.24. The fourth-order valence-corrected chi connectivity index (χ4v) is 1.59. The monoisotopic (exact) mass is 256 g/mol. The van der Waals surface area contributed by atoms with E-state index < -0.39 is 0 Å². The largest absolute Gasteiger partial charge is 0.384 e. The van der Waals surface area contributed by atoms with Crippen LogP contribution in [0.15, 0.2) is 12.1 Å². The molecule has 17 heavy (non-hydrogen) atoms. The lowest BCUT2D eigenvalue weighted by molar-refractivity contribution is -0.119. The molecular weight excluding hydrogens is 240 g/mol. The summed E-state index contributed by atoms with van der Waals surface area (Å²) in [5.74, 6) is 0.0332. The lowest BCUT2D eigenvalue weighted by atomic mass is 10.2. The molecule has 0 aliphatic carbocycles. The summed E-state index contributed by atoms with van der Waals surface area (Å²) in [6.07, 6.45) is 0. The van der Waals surface area contributed by atoms with Crippen LogP contribution in [-0.2, 0) is 11.3 Å². The van der Waals surface area contributed by atoms with E-state index in [-0.39, 0.29) is 18.5 Å². The number of primary amides is 1. The van der Waals surface area contributed by atoms with Gasteiger partial charge in [0.05, 0.1) is 17.3 Å². The highest BCUT2D eigenvalue weighted by atomic mass is 35.5. The minimum absolute atomic E-state index is 0.168. The number of anilines is 1. The van der Waals surface area contributed by atoms with E-state index >= 15 is 0 Å². The fraction of sp³-hybridized carbons (Fsp3) is 0.455. The number of amides is 1. The fourth-order valence-electron chi connectivity index (χ4n) is 1.43. The molecule has 0 aliphatic heterocycles. The average molecular weight is 257 g/mol. The first-order valence-corrected chi connectivity index (χ1v) is 5.71. The van der Waals surface area contributed by atoms with Crippen molar-refractivity contribution in [3.05, 3.63) is 22.8 Å². The smallest absolute Gasteiger partial charge is 0.231 e. The molecule has 5 nitrogen and oxygen atoms in total. The topological polar surface area (TPSA) is 85.2 Å². The number of carbonyl (C=O) groups is 1. The normalized spacial score (nSPS) is 11.1. The van der Waals surface area contributed by atoms with Gasteiger partial charge in [-0.15, -0.1) is 0 Å². The highest BCUT2D eigenvalue weighted by Gasteiger charge is 2.15. The van der Waals surface area contributed by atoms with Crippen LogP contribution in [0.3, 0.4) is 0 Å². The molecule has 0 aromatic carbocycles. The molecule has 1 heterocycles. The first-order valence-electron chi connectivity index (χ1n) is 5.33. The van der Waals surface area contributed by atoms with Crippen molar-refractivity contribution in [3.63, 3.8) is 0 Å². The number of aromatic nitrogens is 1. The van der Waals surface area contributed by atoms with Gasteiger partial charge in [0, 0.05) is 12.6 Å². The van der Waals surface area contributed by atoms with Gasteiger partial charge in [-0.05, 0) is 26.0 Å². The molecule has 0 aliphatic rings. The zero-order valence-corrected chi connectivity index (χ0v) is 10.7. The van der Waals surface area contributed by atoms with Crippen LogP contribution in [0.5, 0.6) is 0 Å². The molecule has 6 heteroatoms. The van der Waals surface area contributed by atoms with Gasteiger partial charge in [0.2, 0.25) is 5.91 Å². The number of hydrogen-bond acceptors (Lipinski definition) is 4. The molecule has 0 saturated heterocycles. The molecule has 0 unspecified atom stereocenters. The first-order chi connectivity index (χ1) is 7.90. The van der Waals surface area contributed by atoms with Gasteiger partial charge in [-0.2, -0.15) is 0 Å². The van der Waals surface area contributed by atoms with E-state index in [0.717, 1.165) is 0 Å². The number of carbonyl (C=O) groups excluding carboxylic acids is 1. The van der Waals surface area contributed by atoms with Crippen molar-refractivity contribution in [2.45, 2.75) is 26.4 Å². The van der Waals surface area contributed by atoms with Crippen molar-refractivity contribution >= 4 is 23.3 Å². The third-order valence-electron chi connectivity index (χ3n) is 2.38. The van der Waals surface area contributed by atoms with Gasteiger partial charge in [-0.25, -0.2) is 4.98 Å². The highest BCUT2D eigenvalue weighted by Crippen LogP contribution is 2.17. The number of halogens is 1. The van der Waals surface area contributed by atoms with Crippen LogP contribution in [0.4, 0.5) is 5.82 Å². The zero-order chi connectivity index (χ0) is 13.0. The molecule has 0 radical (unpaired) electrons. The average Bonchev–Trinajstić information content (AvgIpc) is 2.21. The van der Waals surface area contributed by atoms with Gasteiger partial charge in [-0.1, -0.05) is 11.6 Å². The Balaban J connectivity index is 2.85. The summed E-state index contributed by atoms with van der Waals surface area (Å²) in [5, 5.41) is 0.536. The molecule has 4 N–H and O–H groups in total. The molecule has 1 aromatic rings. The van der Waals surface area contributed by atoms with E-state index in [1.54, 1.807) is 12.1 Å². The van der Waals surface area contributed by atoms with Crippen molar-refractivity contribution in [2.75, 3.05) is 12.3 Å². The summed E-state index contributed by atoms with van der Waals surface area (Å²) in [6.45, 7) is 4.57. The minimum atomic E-state index is -0.376. The van der Waals surface area contributed by atoms with Gasteiger partial charge in [0.15, 0.2) is 0 Å². The molecule has 0 spiro atoms. The van der Waals surface area contributed by atoms with Crippen molar-refractivity contribution in [2.24, 2.45) is 5.73 Å². The number of nitrogens with zero attached hydrogens (tertiary/aromatic N) is 2. The summed E-state index contributed by atoms with van der Waals surface area (Å²) >= 11 is 6.02. The first kappa shape index (κ1) is 13.7. The number of nitrogens with two attached hydrogens (primary N) is 2. The van der Waals surface area contributed by atoms with Gasteiger partial charge in [0.1, 0.15) is 5.82 Å². The van der Waals surface area contributed by atoms with E-state index in [4.69, 9.17) is 23.1 Å². The Bertz CT molecular complexity index is 408. The zero-order valence-electron chi connectivity index (χ0n) is 9.98. The molecule has 0 fully saturated rings. The third-order valence-corrected chi connectivity index (χ3v) is 2.73. The maximum absolute atomic E-state index is 11.0. The molecule has 94 valence electrons. The van der Waals surface area contributed by atoms with E-state index in [9.17, 15) is 4.79 Å². The van der Waals surface area contributed by atoms with E-state index in [1.807, 2.05) is 18.7 Å². The second kappa shape index (κ2) is 5.84. The SMILES string of the molecule is CC(C)N(CC(N)=O)Cc1nc(N)ccc1Cl. The Morgan fingerprint density at radius 1 is 1.53 bits per heavy atom. The van der Waals surface area contributed by atoms with E-state index in [1.165, 1.54) is 0 Å². The van der Waals surface area contributed by atoms with Crippen molar-refractivity contribution < 1.29 is 4.79 Å². The maximum atomic E-state index is 11.0. The second-order valence-corrected chi connectivity index (χ2v) is 4.54. The Morgan fingerprint density at radius 3 is 2.71 bits per heavy atom. The Kier molecular flexibility index (Phi) is 4.72. The van der Waals surface area contributed by atoms with Crippen LogP contribution in [0.25, 0.3) is 0 Å². The molecule has 1 rings (SSSR count). The van der Waals surface area contributed by atoms with Crippen LogP contribution in [0, 0.1) is 0 Å². The van der Waals surface area contributed by atoms with E-state index in [2.05, 4.69) is 4.98 Å². The predicted octanol–water partition coefficient (Wildman–Crippen LogP) is 1.01. The van der Waals surface area contributed by atoms with Crippen LogP contribution in [0.1, 0.15) is 19.5 Å². The van der Waals surface area contributed by atoms with E-state index in [0.29, 0.717) is 23.1 Å². The summed E-state index contributed by atoms with van der Waals surface area (Å²) < 4.78 is 0. The molecule has 1 aromatic heterocycles.